The van der Waals surface area contributed by atoms with Crippen LogP contribution in [0.3, 0.4) is 0 Å². The monoisotopic (exact) mass is 358 g/mol. The summed E-state index contributed by atoms with van der Waals surface area (Å²) in [6.07, 6.45) is -0.261. The number of esters is 1. The number of rotatable bonds is 4. The van der Waals surface area contributed by atoms with Gasteiger partial charge in [-0.1, -0.05) is 26.0 Å². The fourth-order valence-corrected chi connectivity index (χ4v) is 3.04. The normalized spacial score (nSPS) is 14.4. The molecule has 0 saturated heterocycles. The molecule has 2 aromatic rings. The molecule has 0 aromatic heterocycles. The van der Waals surface area contributed by atoms with Gasteiger partial charge in [-0.2, -0.15) is 0 Å². The second kappa shape index (κ2) is 7.25. The molecule has 6 nitrogen and oxygen atoms in total. The van der Waals surface area contributed by atoms with Gasteiger partial charge in [0.05, 0.1) is 13.2 Å². The van der Waals surface area contributed by atoms with Gasteiger partial charge in [0.1, 0.15) is 23.7 Å². The maximum Gasteiger partial charge on any atom is 0.346 e. The van der Waals surface area contributed by atoms with E-state index in [1.54, 1.807) is 24.3 Å². The van der Waals surface area contributed by atoms with Gasteiger partial charge in [-0.05, 0) is 30.5 Å². The van der Waals surface area contributed by atoms with Crippen molar-refractivity contribution in [3.05, 3.63) is 47.0 Å². The van der Waals surface area contributed by atoms with Gasteiger partial charge in [0, 0.05) is 11.1 Å². The molecule has 0 amide bonds. The first kappa shape index (κ1) is 18.1. The van der Waals surface area contributed by atoms with Gasteiger partial charge < -0.3 is 24.4 Å². The van der Waals surface area contributed by atoms with E-state index in [1.807, 2.05) is 13.8 Å². The summed E-state index contributed by atoms with van der Waals surface area (Å²) in [5.41, 5.74) is 1.16. The summed E-state index contributed by atoms with van der Waals surface area (Å²) >= 11 is 0. The number of aromatic hydroxyl groups is 1. The number of phenols is 1. The van der Waals surface area contributed by atoms with Crippen LogP contribution in [-0.2, 0) is 11.3 Å². The highest BCUT2D eigenvalue weighted by Crippen LogP contribution is 2.43. The summed E-state index contributed by atoms with van der Waals surface area (Å²) in [7, 11) is 1.43. The summed E-state index contributed by atoms with van der Waals surface area (Å²) in [5, 5.41) is 20.6. The van der Waals surface area contributed by atoms with Gasteiger partial charge >= 0.3 is 5.97 Å². The molecular formula is C20H22O6. The number of para-hydroxylation sites is 1. The molecule has 1 heterocycles. The third-order valence-electron chi connectivity index (χ3n) is 4.26. The smallest absolute Gasteiger partial charge is 0.346 e. The zero-order chi connectivity index (χ0) is 18.8. The lowest BCUT2D eigenvalue weighted by Crippen LogP contribution is -2.15. The summed E-state index contributed by atoms with van der Waals surface area (Å²) in [5.74, 6) is 0.274. The molecule has 2 aromatic carbocycles. The Morgan fingerprint density at radius 3 is 2.69 bits per heavy atom. The maximum absolute atomic E-state index is 12.6. The Hall–Kier alpha value is -2.73. The Morgan fingerprint density at radius 2 is 2.00 bits per heavy atom. The number of methoxy groups -OCH3 is 1. The van der Waals surface area contributed by atoms with Crippen molar-refractivity contribution < 1.29 is 29.2 Å². The Kier molecular flexibility index (Phi) is 5.04. The van der Waals surface area contributed by atoms with E-state index in [9.17, 15) is 15.0 Å². The molecule has 0 radical (unpaired) electrons. The van der Waals surface area contributed by atoms with Gasteiger partial charge in [0.15, 0.2) is 11.5 Å². The number of phenolic OH excluding ortho intramolecular Hbond substituents is 1. The summed E-state index contributed by atoms with van der Waals surface area (Å²) < 4.78 is 16.6. The number of benzene rings is 2. The van der Waals surface area contributed by atoms with Gasteiger partial charge in [0.2, 0.25) is 0 Å². The highest BCUT2D eigenvalue weighted by Gasteiger charge is 2.29. The minimum absolute atomic E-state index is 0.0378. The molecule has 1 atom stereocenters. The van der Waals surface area contributed by atoms with Crippen LogP contribution >= 0.6 is 0 Å². The molecule has 1 unspecified atom stereocenters. The molecule has 1 aliphatic rings. The van der Waals surface area contributed by atoms with Crippen molar-refractivity contribution in [1.82, 2.24) is 0 Å². The number of cyclic esters (lactones) is 1. The van der Waals surface area contributed by atoms with Crippen LogP contribution in [0.1, 0.15) is 47.9 Å². The molecule has 0 bridgehead atoms. The number of carbonyl (C=O) groups is 1. The lowest BCUT2D eigenvalue weighted by atomic mass is 9.96. The number of aliphatic hydroxyl groups excluding tert-OH is 1. The molecule has 0 spiro atoms. The van der Waals surface area contributed by atoms with E-state index >= 15 is 0 Å². The highest BCUT2D eigenvalue weighted by molar-refractivity contribution is 5.96. The van der Waals surface area contributed by atoms with Crippen LogP contribution in [0, 0.1) is 5.92 Å². The van der Waals surface area contributed by atoms with E-state index in [2.05, 4.69) is 0 Å². The lowest BCUT2D eigenvalue weighted by molar-refractivity contribution is 0.0454. The van der Waals surface area contributed by atoms with Gasteiger partial charge in [-0.25, -0.2) is 4.79 Å². The predicted molar refractivity (Wildman–Crippen MR) is 94.7 cm³/mol. The number of ether oxygens (including phenoxy) is 3. The van der Waals surface area contributed by atoms with Crippen molar-refractivity contribution in [2.24, 2.45) is 5.92 Å². The first-order chi connectivity index (χ1) is 12.4. The van der Waals surface area contributed by atoms with E-state index in [4.69, 9.17) is 14.2 Å². The second-order valence-electron chi connectivity index (χ2n) is 6.65. The second-order valence-corrected chi connectivity index (χ2v) is 6.65. The Morgan fingerprint density at radius 1 is 1.23 bits per heavy atom. The van der Waals surface area contributed by atoms with E-state index in [1.165, 1.54) is 13.2 Å². The van der Waals surface area contributed by atoms with Crippen molar-refractivity contribution in [3.63, 3.8) is 0 Å². The minimum Gasteiger partial charge on any atom is -0.504 e. The van der Waals surface area contributed by atoms with E-state index in [-0.39, 0.29) is 41.1 Å². The van der Waals surface area contributed by atoms with Crippen LogP contribution in [-0.4, -0.2) is 23.3 Å². The SMILES string of the molecule is COc1c(C(O)CC(C)C)ccc2c1C(=O)OCc1cccc(O)c1O2. The lowest BCUT2D eigenvalue weighted by Gasteiger charge is -2.23. The molecule has 0 aliphatic carbocycles. The van der Waals surface area contributed by atoms with Crippen molar-refractivity contribution in [2.75, 3.05) is 7.11 Å². The zero-order valence-corrected chi connectivity index (χ0v) is 15.0. The molecule has 2 N–H and O–H groups in total. The average Bonchev–Trinajstić information content (AvgIpc) is 2.59. The summed E-state index contributed by atoms with van der Waals surface area (Å²) in [6.45, 7) is 3.96. The molecule has 26 heavy (non-hydrogen) atoms. The number of carbonyl (C=O) groups excluding carboxylic acids is 1. The Labute approximate surface area is 151 Å². The highest BCUT2D eigenvalue weighted by atomic mass is 16.5. The van der Waals surface area contributed by atoms with Crippen molar-refractivity contribution in [1.29, 1.82) is 0 Å². The van der Waals surface area contributed by atoms with Crippen LogP contribution in [0.2, 0.25) is 0 Å². The van der Waals surface area contributed by atoms with E-state index in [0.717, 1.165) is 0 Å². The summed E-state index contributed by atoms with van der Waals surface area (Å²) in [4.78, 5) is 12.6. The predicted octanol–water partition coefficient (Wildman–Crippen LogP) is 3.94. The standard InChI is InChI=1S/C20H22O6/c1-11(2)9-15(22)13-7-8-16-17(19(13)24-3)20(23)25-10-12-5-4-6-14(21)18(12)26-16/h4-8,11,15,21-22H,9-10H2,1-3H3. The first-order valence-corrected chi connectivity index (χ1v) is 8.47. The van der Waals surface area contributed by atoms with Crippen LogP contribution in [0.15, 0.2) is 30.3 Å². The Bertz CT molecular complexity index is 827. The van der Waals surface area contributed by atoms with Crippen LogP contribution < -0.4 is 9.47 Å². The molecule has 0 saturated carbocycles. The molecule has 3 rings (SSSR count). The van der Waals surface area contributed by atoms with Crippen LogP contribution in [0.25, 0.3) is 0 Å². The molecule has 6 heteroatoms. The zero-order valence-electron chi connectivity index (χ0n) is 15.0. The van der Waals surface area contributed by atoms with Crippen LogP contribution in [0.4, 0.5) is 0 Å². The molecule has 0 fully saturated rings. The number of fused-ring (bicyclic) bond motifs is 2. The average molecular weight is 358 g/mol. The fraction of sp³-hybridized carbons (Fsp3) is 0.350. The van der Waals surface area contributed by atoms with Gasteiger partial charge in [0.25, 0.3) is 0 Å². The van der Waals surface area contributed by atoms with Crippen molar-refractivity contribution in [2.45, 2.75) is 33.0 Å². The van der Waals surface area contributed by atoms with Crippen LogP contribution in [0.5, 0.6) is 23.0 Å². The topological polar surface area (TPSA) is 85.2 Å². The number of hydrogen-bond acceptors (Lipinski definition) is 6. The Balaban J connectivity index is 2.12. The van der Waals surface area contributed by atoms with E-state index < -0.39 is 12.1 Å². The molecule has 138 valence electrons. The molecular weight excluding hydrogens is 336 g/mol. The molecule has 1 aliphatic heterocycles. The van der Waals surface area contributed by atoms with Crippen molar-refractivity contribution >= 4 is 5.97 Å². The van der Waals surface area contributed by atoms with Crippen molar-refractivity contribution in [3.8, 4) is 23.0 Å². The third-order valence-corrected chi connectivity index (χ3v) is 4.26. The fourth-order valence-electron chi connectivity index (χ4n) is 3.04. The van der Waals surface area contributed by atoms with Gasteiger partial charge in [-0.15, -0.1) is 0 Å². The van der Waals surface area contributed by atoms with E-state index in [0.29, 0.717) is 17.5 Å². The quantitative estimate of drug-likeness (QED) is 0.805. The largest absolute Gasteiger partial charge is 0.504 e. The number of hydrogen-bond donors (Lipinski definition) is 2. The number of aliphatic hydroxyl groups is 1. The minimum atomic E-state index is -0.783. The first-order valence-electron chi connectivity index (χ1n) is 8.47. The maximum atomic E-state index is 12.6. The summed E-state index contributed by atoms with van der Waals surface area (Å²) in [6, 6.07) is 8.11. The van der Waals surface area contributed by atoms with Gasteiger partial charge in [-0.3, -0.25) is 0 Å². The third kappa shape index (κ3) is 3.32.